The van der Waals surface area contributed by atoms with Crippen molar-refractivity contribution in [1.82, 2.24) is 9.88 Å². The first-order valence-electron chi connectivity index (χ1n) is 12.5. The van der Waals surface area contributed by atoms with Crippen LogP contribution in [0, 0.1) is 11.8 Å². The summed E-state index contributed by atoms with van der Waals surface area (Å²) in [6, 6.07) is 27.6. The summed E-state index contributed by atoms with van der Waals surface area (Å²) in [7, 11) is 0. The fraction of sp³-hybridized carbons (Fsp3) is 0.258. The Hall–Kier alpha value is -3.99. The molecule has 2 atom stereocenters. The maximum Gasteiger partial charge on any atom is 0.339 e. The molecule has 1 aliphatic heterocycles. The average Bonchev–Trinajstić information content (AvgIpc) is 2.91. The number of carbonyl (C=O) groups excluding carboxylic acids is 2. The zero-order valence-electron chi connectivity index (χ0n) is 20.7. The minimum Gasteiger partial charge on any atom is -0.452 e. The quantitative estimate of drug-likeness (QED) is 0.319. The number of aromatic nitrogens is 1. The molecule has 1 amide bonds. The van der Waals surface area contributed by atoms with Gasteiger partial charge in [0.05, 0.1) is 16.8 Å². The number of hydrogen-bond donors (Lipinski definition) is 0. The van der Waals surface area contributed by atoms with Crippen LogP contribution in [0.4, 0.5) is 0 Å². The van der Waals surface area contributed by atoms with Gasteiger partial charge >= 0.3 is 5.97 Å². The highest BCUT2D eigenvalue weighted by Gasteiger charge is 2.26. The number of benzene rings is 3. The summed E-state index contributed by atoms with van der Waals surface area (Å²) in [6.45, 7) is 5.47. The Bertz CT molecular complexity index is 1370. The molecule has 0 bridgehead atoms. The topological polar surface area (TPSA) is 59.5 Å². The van der Waals surface area contributed by atoms with Crippen molar-refractivity contribution in [2.45, 2.75) is 20.3 Å². The molecule has 5 nitrogen and oxygen atoms in total. The summed E-state index contributed by atoms with van der Waals surface area (Å²) in [4.78, 5) is 32.5. The van der Waals surface area contributed by atoms with Crippen LogP contribution in [0.3, 0.4) is 0 Å². The lowest BCUT2D eigenvalue weighted by atomic mass is 9.92. The van der Waals surface area contributed by atoms with Gasteiger partial charge in [-0.05, 0) is 41.5 Å². The van der Waals surface area contributed by atoms with E-state index < -0.39 is 5.97 Å². The minimum absolute atomic E-state index is 0.142. The molecule has 182 valence electrons. The van der Waals surface area contributed by atoms with Gasteiger partial charge in [0.1, 0.15) is 0 Å². The fourth-order valence-electron chi connectivity index (χ4n) is 5.12. The lowest BCUT2D eigenvalue weighted by Gasteiger charge is -2.34. The molecular formula is C31H30N2O3. The highest BCUT2D eigenvalue weighted by molar-refractivity contribution is 6.05. The first-order chi connectivity index (χ1) is 17.5. The Kier molecular flexibility index (Phi) is 6.81. The molecule has 1 fully saturated rings. The van der Waals surface area contributed by atoms with Crippen molar-refractivity contribution in [3.8, 4) is 22.4 Å². The Labute approximate surface area is 211 Å². The van der Waals surface area contributed by atoms with Gasteiger partial charge in [-0.15, -0.1) is 0 Å². The lowest BCUT2D eigenvalue weighted by molar-refractivity contribution is -0.137. The highest BCUT2D eigenvalue weighted by Crippen LogP contribution is 2.28. The van der Waals surface area contributed by atoms with Crippen molar-refractivity contribution >= 4 is 22.8 Å². The van der Waals surface area contributed by atoms with E-state index in [4.69, 9.17) is 9.72 Å². The molecule has 0 saturated carbocycles. The molecule has 0 aliphatic carbocycles. The summed E-state index contributed by atoms with van der Waals surface area (Å²) in [6.07, 6.45) is 1.11. The number of likely N-dealkylation sites (tertiary alicyclic amines) is 1. The third-order valence-electron chi connectivity index (χ3n) is 6.77. The Balaban J connectivity index is 1.38. The molecular weight excluding hydrogens is 448 g/mol. The monoisotopic (exact) mass is 478 g/mol. The number of ether oxygens (including phenoxy) is 1. The van der Waals surface area contributed by atoms with Crippen molar-refractivity contribution in [2.24, 2.45) is 11.8 Å². The maximum absolute atomic E-state index is 13.2. The molecule has 0 radical (unpaired) electrons. The van der Waals surface area contributed by atoms with Gasteiger partial charge in [0.15, 0.2) is 6.61 Å². The zero-order valence-corrected chi connectivity index (χ0v) is 20.7. The number of hydrogen-bond acceptors (Lipinski definition) is 4. The third-order valence-corrected chi connectivity index (χ3v) is 6.77. The van der Waals surface area contributed by atoms with Crippen LogP contribution >= 0.6 is 0 Å². The third kappa shape index (κ3) is 5.15. The largest absolute Gasteiger partial charge is 0.452 e. The smallest absolute Gasteiger partial charge is 0.339 e. The van der Waals surface area contributed by atoms with Crippen LogP contribution in [-0.2, 0) is 9.53 Å². The Morgan fingerprint density at radius 3 is 2.17 bits per heavy atom. The normalized spacial score (nSPS) is 17.7. The summed E-state index contributed by atoms with van der Waals surface area (Å²) >= 11 is 0. The molecule has 3 aromatic carbocycles. The van der Waals surface area contributed by atoms with Gasteiger partial charge in [0.2, 0.25) is 0 Å². The first kappa shape index (κ1) is 23.7. The van der Waals surface area contributed by atoms with E-state index in [1.54, 1.807) is 6.07 Å². The molecule has 4 aromatic rings. The molecule has 0 spiro atoms. The predicted molar refractivity (Wildman–Crippen MR) is 142 cm³/mol. The maximum atomic E-state index is 13.2. The molecule has 1 aliphatic rings. The van der Waals surface area contributed by atoms with Crippen LogP contribution in [0.25, 0.3) is 33.3 Å². The Morgan fingerprint density at radius 2 is 1.44 bits per heavy atom. The summed E-state index contributed by atoms with van der Waals surface area (Å²) in [5, 5.41) is 0.708. The summed E-state index contributed by atoms with van der Waals surface area (Å²) in [5.74, 6) is 0.251. The molecule has 5 heteroatoms. The second kappa shape index (κ2) is 10.3. The van der Waals surface area contributed by atoms with Crippen molar-refractivity contribution in [3.05, 3.63) is 90.5 Å². The number of amides is 1. The van der Waals surface area contributed by atoms with Crippen molar-refractivity contribution in [3.63, 3.8) is 0 Å². The number of para-hydroxylation sites is 1. The van der Waals surface area contributed by atoms with Crippen LogP contribution in [0.2, 0.25) is 0 Å². The van der Waals surface area contributed by atoms with E-state index in [0.717, 1.165) is 23.1 Å². The number of esters is 1. The van der Waals surface area contributed by atoms with Crippen LogP contribution in [-0.4, -0.2) is 41.5 Å². The number of fused-ring (bicyclic) bond motifs is 1. The van der Waals surface area contributed by atoms with Crippen molar-refractivity contribution in [2.75, 3.05) is 19.7 Å². The van der Waals surface area contributed by atoms with Gasteiger partial charge in [-0.2, -0.15) is 0 Å². The predicted octanol–water partition coefficient (Wildman–Crippen LogP) is 6.23. The van der Waals surface area contributed by atoms with E-state index in [1.165, 1.54) is 0 Å². The molecule has 1 aromatic heterocycles. The van der Waals surface area contributed by atoms with E-state index in [9.17, 15) is 9.59 Å². The molecule has 1 saturated heterocycles. The van der Waals surface area contributed by atoms with Gasteiger partial charge in [-0.1, -0.05) is 86.6 Å². The molecule has 36 heavy (non-hydrogen) atoms. The second-order valence-electron chi connectivity index (χ2n) is 9.84. The summed E-state index contributed by atoms with van der Waals surface area (Å²) in [5.41, 5.74) is 4.96. The molecule has 2 heterocycles. The second-order valence-corrected chi connectivity index (χ2v) is 9.84. The fourth-order valence-corrected chi connectivity index (χ4v) is 5.12. The standard InChI is InChI=1S/C31H30N2O3/c1-21-16-22(2)19-33(18-21)30(34)20-36-31(35)27-17-29(32-28-11-7-6-10-26(27)28)25-14-12-24(13-15-25)23-8-4-3-5-9-23/h3-15,17,21-22H,16,18-20H2,1-2H3. The number of nitrogens with zero attached hydrogens (tertiary/aromatic N) is 2. The van der Waals surface area contributed by atoms with E-state index >= 15 is 0 Å². The molecule has 5 rings (SSSR count). The van der Waals surface area contributed by atoms with E-state index in [0.29, 0.717) is 47.1 Å². The molecule has 2 unspecified atom stereocenters. The van der Waals surface area contributed by atoms with E-state index in [2.05, 4.69) is 38.1 Å². The number of piperidine rings is 1. The summed E-state index contributed by atoms with van der Waals surface area (Å²) < 4.78 is 5.53. The van der Waals surface area contributed by atoms with Crippen LogP contribution in [0.5, 0.6) is 0 Å². The number of pyridine rings is 1. The highest BCUT2D eigenvalue weighted by atomic mass is 16.5. The van der Waals surface area contributed by atoms with Gasteiger partial charge in [-0.3, -0.25) is 4.79 Å². The number of carbonyl (C=O) groups is 2. The van der Waals surface area contributed by atoms with E-state index in [-0.39, 0.29) is 12.5 Å². The van der Waals surface area contributed by atoms with Gasteiger partial charge in [0.25, 0.3) is 5.91 Å². The van der Waals surface area contributed by atoms with Gasteiger partial charge < -0.3 is 9.64 Å². The van der Waals surface area contributed by atoms with Gasteiger partial charge in [0, 0.05) is 24.0 Å². The van der Waals surface area contributed by atoms with E-state index in [1.807, 2.05) is 59.5 Å². The first-order valence-corrected chi connectivity index (χ1v) is 12.5. The zero-order chi connectivity index (χ0) is 25.1. The Morgan fingerprint density at radius 1 is 0.833 bits per heavy atom. The van der Waals surface area contributed by atoms with Crippen LogP contribution in [0.15, 0.2) is 84.9 Å². The van der Waals surface area contributed by atoms with Crippen LogP contribution in [0.1, 0.15) is 30.6 Å². The van der Waals surface area contributed by atoms with Gasteiger partial charge in [-0.25, -0.2) is 9.78 Å². The molecule has 0 N–H and O–H groups in total. The average molecular weight is 479 g/mol. The van der Waals surface area contributed by atoms with Crippen molar-refractivity contribution in [1.29, 1.82) is 0 Å². The minimum atomic E-state index is -0.512. The van der Waals surface area contributed by atoms with Crippen molar-refractivity contribution < 1.29 is 14.3 Å². The van der Waals surface area contributed by atoms with Crippen LogP contribution < -0.4 is 0 Å². The lowest BCUT2D eigenvalue weighted by Crippen LogP contribution is -2.44. The number of rotatable bonds is 5. The SMILES string of the molecule is CC1CC(C)CN(C(=O)COC(=O)c2cc(-c3ccc(-c4ccccc4)cc3)nc3ccccc23)C1.